The molecular weight excluding hydrogens is 344 g/mol. The molecule has 2 aliphatic rings. The number of carbonyl (C=O) groups is 3. The van der Waals surface area contributed by atoms with Crippen LogP contribution in [0.4, 0.5) is 5.69 Å². The number of hydrogen-bond acceptors (Lipinski definition) is 5. The fraction of sp³-hybridized carbons (Fsp3) is 0.286. The van der Waals surface area contributed by atoms with Gasteiger partial charge in [0, 0.05) is 6.04 Å². The molecule has 2 saturated heterocycles. The zero-order chi connectivity index (χ0) is 19.2. The molecule has 2 aliphatic heterocycles. The molecule has 4 rings (SSSR count). The van der Waals surface area contributed by atoms with E-state index in [4.69, 9.17) is 4.74 Å². The first-order valence-electron chi connectivity index (χ1n) is 8.83. The van der Waals surface area contributed by atoms with Crippen molar-refractivity contribution in [3.63, 3.8) is 0 Å². The van der Waals surface area contributed by atoms with Crippen molar-refractivity contribution in [1.82, 2.24) is 5.32 Å². The number of nitrogens with zero attached hydrogens (tertiary/aromatic N) is 1. The summed E-state index contributed by atoms with van der Waals surface area (Å²) in [6, 6.07) is 17.8. The summed E-state index contributed by atoms with van der Waals surface area (Å²) >= 11 is 0. The van der Waals surface area contributed by atoms with E-state index in [0.29, 0.717) is 5.69 Å². The third-order valence-electron chi connectivity index (χ3n) is 5.57. The lowest BCUT2D eigenvalue weighted by Gasteiger charge is -2.28. The second-order valence-electron chi connectivity index (χ2n) is 7.08. The number of rotatable bonds is 3. The predicted molar refractivity (Wildman–Crippen MR) is 98.7 cm³/mol. The summed E-state index contributed by atoms with van der Waals surface area (Å²) in [4.78, 5) is 40.3. The molecule has 2 amide bonds. The standard InChI is InChI=1S/C21H20N2O4/c1-21(20(26)27-2)16-15(17(22-21)13-9-5-3-6-10-13)18(24)23(19(16)25)14-11-7-4-8-12-14/h3-12,15-17,22H,1-2H3/t15-,16-,17-,21-/m1/s1. The summed E-state index contributed by atoms with van der Waals surface area (Å²) in [7, 11) is 1.29. The molecule has 6 nitrogen and oxygen atoms in total. The highest BCUT2D eigenvalue weighted by Crippen LogP contribution is 2.49. The molecule has 0 unspecified atom stereocenters. The van der Waals surface area contributed by atoms with Crippen LogP contribution in [0.2, 0.25) is 0 Å². The molecule has 0 bridgehead atoms. The molecule has 0 aliphatic carbocycles. The van der Waals surface area contributed by atoms with Crippen molar-refractivity contribution in [3.8, 4) is 0 Å². The minimum Gasteiger partial charge on any atom is -0.468 e. The van der Waals surface area contributed by atoms with E-state index in [2.05, 4.69) is 5.32 Å². The Balaban J connectivity index is 1.83. The molecule has 2 aromatic carbocycles. The third kappa shape index (κ3) is 2.48. The Bertz CT molecular complexity index is 899. The van der Waals surface area contributed by atoms with E-state index >= 15 is 0 Å². The number of imide groups is 1. The van der Waals surface area contributed by atoms with E-state index in [1.807, 2.05) is 36.4 Å². The first-order valence-corrected chi connectivity index (χ1v) is 8.83. The van der Waals surface area contributed by atoms with E-state index in [1.54, 1.807) is 31.2 Å². The number of esters is 1. The minimum absolute atomic E-state index is 0.301. The normalized spacial score (nSPS) is 29.7. The molecule has 2 heterocycles. The quantitative estimate of drug-likeness (QED) is 0.667. The van der Waals surface area contributed by atoms with Crippen molar-refractivity contribution >= 4 is 23.5 Å². The van der Waals surface area contributed by atoms with Gasteiger partial charge in [-0.2, -0.15) is 0 Å². The van der Waals surface area contributed by atoms with Crippen molar-refractivity contribution in [2.75, 3.05) is 12.0 Å². The number of amides is 2. The van der Waals surface area contributed by atoms with Gasteiger partial charge in [-0.15, -0.1) is 0 Å². The van der Waals surface area contributed by atoms with Crippen LogP contribution in [0.15, 0.2) is 60.7 Å². The maximum atomic E-state index is 13.3. The van der Waals surface area contributed by atoms with Crippen LogP contribution in [0.1, 0.15) is 18.5 Å². The number of methoxy groups -OCH3 is 1. The second kappa shape index (κ2) is 6.32. The van der Waals surface area contributed by atoms with Gasteiger partial charge in [0.05, 0.1) is 24.6 Å². The van der Waals surface area contributed by atoms with Crippen molar-refractivity contribution in [1.29, 1.82) is 0 Å². The molecule has 2 fully saturated rings. The van der Waals surface area contributed by atoms with E-state index in [9.17, 15) is 14.4 Å². The molecule has 6 heteroatoms. The molecule has 0 radical (unpaired) electrons. The number of nitrogens with one attached hydrogen (secondary N) is 1. The van der Waals surface area contributed by atoms with E-state index in [1.165, 1.54) is 12.0 Å². The summed E-state index contributed by atoms with van der Waals surface area (Å²) < 4.78 is 4.97. The third-order valence-corrected chi connectivity index (χ3v) is 5.57. The van der Waals surface area contributed by atoms with Gasteiger partial charge in [0.1, 0.15) is 5.54 Å². The maximum Gasteiger partial charge on any atom is 0.326 e. The van der Waals surface area contributed by atoms with Crippen LogP contribution in [0.3, 0.4) is 0 Å². The van der Waals surface area contributed by atoms with Crippen molar-refractivity contribution in [3.05, 3.63) is 66.2 Å². The van der Waals surface area contributed by atoms with Crippen LogP contribution in [0.5, 0.6) is 0 Å². The van der Waals surface area contributed by atoms with E-state index in [-0.39, 0.29) is 11.8 Å². The van der Waals surface area contributed by atoms with Crippen LogP contribution >= 0.6 is 0 Å². The monoisotopic (exact) mass is 364 g/mol. The topological polar surface area (TPSA) is 75.7 Å². The molecule has 0 aromatic heterocycles. The number of carbonyl (C=O) groups excluding carboxylic acids is 3. The van der Waals surface area contributed by atoms with Gasteiger partial charge in [-0.1, -0.05) is 48.5 Å². The molecule has 138 valence electrons. The van der Waals surface area contributed by atoms with Gasteiger partial charge in [0.2, 0.25) is 11.8 Å². The number of hydrogen-bond donors (Lipinski definition) is 1. The van der Waals surface area contributed by atoms with Crippen molar-refractivity contribution < 1.29 is 19.1 Å². The minimum atomic E-state index is -1.28. The fourth-order valence-corrected chi connectivity index (χ4v) is 4.32. The average molecular weight is 364 g/mol. The summed E-state index contributed by atoms with van der Waals surface area (Å²) in [5.41, 5.74) is 0.0908. The van der Waals surface area contributed by atoms with Gasteiger partial charge in [-0.05, 0) is 24.6 Å². The zero-order valence-electron chi connectivity index (χ0n) is 15.1. The van der Waals surface area contributed by atoms with Gasteiger partial charge < -0.3 is 4.74 Å². The Morgan fingerprint density at radius 2 is 1.59 bits per heavy atom. The van der Waals surface area contributed by atoms with Crippen LogP contribution < -0.4 is 10.2 Å². The first kappa shape index (κ1) is 17.4. The molecule has 0 saturated carbocycles. The van der Waals surface area contributed by atoms with Gasteiger partial charge in [-0.3, -0.25) is 19.7 Å². The van der Waals surface area contributed by atoms with Gasteiger partial charge in [-0.25, -0.2) is 4.90 Å². The highest BCUT2D eigenvalue weighted by Gasteiger charge is 2.67. The van der Waals surface area contributed by atoms with E-state index < -0.39 is 29.4 Å². The number of ether oxygens (including phenoxy) is 1. The number of fused-ring (bicyclic) bond motifs is 1. The lowest BCUT2D eigenvalue weighted by molar-refractivity contribution is -0.151. The number of anilines is 1. The largest absolute Gasteiger partial charge is 0.468 e. The molecule has 0 spiro atoms. The zero-order valence-corrected chi connectivity index (χ0v) is 15.1. The van der Waals surface area contributed by atoms with Crippen LogP contribution in [-0.2, 0) is 19.1 Å². The van der Waals surface area contributed by atoms with Crippen LogP contribution in [0.25, 0.3) is 0 Å². The van der Waals surface area contributed by atoms with Crippen molar-refractivity contribution in [2.45, 2.75) is 18.5 Å². The fourth-order valence-electron chi connectivity index (χ4n) is 4.32. The highest BCUT2D eigenvalue weighted by molar-refractivity contribution is 6.24. The van der Waals surface area contributed by atoms with Crippen LogP contribution in [0, 0.1) is 11.8 Å². The Hall–Kier alpha value is -2.99. The maximum absolute atomic E-state index is 13.3. The lowest BCUT2D eigenvalue weighted by Crippen LogP contribution is -2.54. The number of benzene rings is 2. The summed E-state index contributed by atoms with van der Waals surface area (Å²) in [5.74, 6) is -2.74. The Morgan fingerprint density at radius 3 is 2.19 bits per heavy atom. The molecule has 2 aromatic rings. The molecule has 1 N–H and O–H groups in total. The van der Waals surface area contributed by atoms with Crippen molar-refractivity contribution in [2.24, 2.45) is 11.8 Å². The Morgan fingerprint density at radius 1 is 1.00 bits per heavy atom. The Labute approximate surface area is 157 Å². The predicted octanol–water partition coefficient (Wildman–Crippen LogP) is 2.07. The number of para-hydroxylation sites is 1. The highest BCUT2D eigenvalue weighted by atomic mass is 16.5. The summed E-state index contributed by atoms with van der Waals surface area (Å²) in [5, 5.41) is 3.23. The lowest BCUT2D eigenvalue weighted by atomic mass is 9.80. The molecule has 4 atom stereocenters. The Kier molecular flexibility index (Phi) is 4.08. The smallest absolute Gasteiger partial charge is 0.326 e. The van der Waals surface area contributed by atoms with Gasteiger partial charge >= 0.3 is 5.97 Å². The molecular formula is C21H20N2O4. The summed E-state index contributed by atoms with van der Waals surface area (Å²) in [6.45, 7) is 1.64. The summed E-state index contributed by atoms with van der Waals surface area (Å²) in [6.07, 6.45) is 0. The van der Waals surface area contributed by atoms with E-state index in [0.717, 1.165) is 5.56 Å². The van der Waals surface area contributed by atoms with Gasteiger partial charge in [0.25, 0.3) is 0 Å². The first-order chi connectivity index (χ1) is 13.0. The molecule has 27 heavy (non-hydrogen) atoms. The van der Waals surface area contributed by atoms with Crippen LogP contribution in [-0.4, -0.2) is 30.4 Å². The second-order valence-corrected chi connectivity index (χ2v) is 7.08. The average Bonchev–Trinajstić information content (AvgIpc) is 3.16. The SMILES string of the molecule is COC(=O)[C@]1(C)N[C@H](c2ccccc2)[C@@H]2C(=O)N(c3ccccc3)C(=O)[C@@H]21. The van der Waals surface area contributed by atoms with Gasteiger partial charge in [0.15, 0.2) is 0 Å².